The summed E-state index contributed by atoms with van der Waals surface area (Å²) in [7, 11) is 2.09. The van der Waals surface area contributed by atoms with Crippen molar-refractivity contribution >= 4 is 31.3 Å². The smallest absolute Gasteiger partial charge is 0.390 e. The summed E-state index contributed by atoms with van der Waals surface area (Å²) in [6, 6.07) is -1.35. The molecule has 27 heavy (non-hydrogen) atoms. The fourth-order valence-electron chi connectivity index (χ4n) is 2.91. The minimum Gasteiger partial charge on any atom is -0.390 e. The summed E-state index contributed by atoms with van der Waals surface area (Å²) in [4.78, 5) is 27.2. The van der Waals surface area contributed by atoms with E-state index in [4.69, 9.17) is 44.0 Å². The van der Waals surface area contributed by atoms with Crippen molar-refractivity contribution in [2.24, 2.45) is 0 Å². The Balaban J connectivity index is 1.77. The van der Waals surface area contributed by atoms with Gasteiger partial charge in [0, 0.05) is 24.8 Å². The van der Waals surface area contributed by atoms with Crippen LogP contribution in [0.15, 0.2) is 0 Å². The molecule has 0 amide bonds. The van der Waals surface area contributed by atoms with Gasteiger partial charge in [0.15, 0.2) is 0 Å². The van der Waals surface area contributed by atoms with Crippen molar-refractivity contribution in [2.45, 2.75) is 62.1 Å². The standard InChI is InChI=1S/C12H22B2O11P2/c13-11-5-7(15)8(23-11)1-4-22-27(19,20)25-10-6-12(14)24-9(10)2-3-21-26(16,17)18/h7-12,15H,1-6H2,(H,19,20)(H2,16,17,18). The Labute approximate surface area is 159 Å². The number of rotatable bonds is 10. The van der Waals surface area contributed by atoms with Gasteiger partial charge >= 0.3 is 15.6 Å². The molecule has 4 N–H and O–H groups in total. The Morgan fingerprint density at radius 3 is 2.07 bits per heavy atom. The van der Waals surface area contributed by atoms with E-state index in [-0.39, 0.29) is 38.9 Å². The van der Waals surface area contributed by atoms with E-state index >= 15 is 0 Å². The van der Waals surface area contributed by atoms with Gasteiger partial charge in [0.1, 0.15) is 15.7 Å². The molecule has 0 bridgehead atoms. The largest absolute Gasteiger partial charge is 0.472 e. The zero-order valence-electron chi connectivity index (χ0n) is 14.4. The van der Waals surface area contributed by atoms with E-state index in [1.54, 1.807) is 0 Å². The van der Waals surface area contributed by atoms with Crippen LogP contribution in [0.4, 0.5) is 0 Å². The molecular weight excluding hydrogens is 404 g/mol. The molecule has 2 aliphatic heterocycles. The van der Waals surface area contributed by atoms with Crippen LogP contribution in [-0.4, -0.2) is 85.1 Å². The predicted octanol–water partition coefficient (Wildman–Crippen LogP) is -0.694. The van der Waals surface area contributed by atoms with E-state index < -0.39 is 52.1 Å². The molecule has 152 valence electrons. The second kappa shape index (κ2) is 9.82. The van der Waals surface area contributed by atoms with Crippen LogP contribution < -0.4 is 0 Å². The lowest BCUT2D eigenvalue weighted by Gasteiger charge is -2.22. The SMILES string of the molecule is [B]C1CC(O)C(CCOP(=O)(O)OC2CC([B])OC2CCOP(=O)(O)O)O1. The van der Waals surface area contributed by atoms with Crippen LogP contribution >= 0.6 is 15.6 Å². The Morgan fingerprint density at radius 1 is 0.926 bits per heavy atom. The Hall–Kier alpha value is 0.230. The highest BCUT2D eigenvalue weighted by atomic mass is 31.2. The third kappa shape index (κ3) is 8.24. The minimum atomic E-state index is -4.63. The van der Waals surface area contributed by atoms with Gasteiger partial charge in [0.05, 0.1) is 37.6 Å². The highest BCUT2D eigenvalue weighted by Gasteiger charge is 2.39. The number of hydrogen-bond acceptors (Lipinski definition) is 8. The van der Waals surface area contributed by atoms with Crippen molar-refractivity contribution in [3.63, 3.8) is 0 Å². The molecule has 0 aromatic rings. The predicted molar refractivity (Wildman–Crippen MR) is 92.0 cm³/mol. The third-order valence-electron chi connectivity index (χ3n) is 4.07. The summed E-state index contributed by atoms with van der Waals surface area (Å²) in [5, 5.41) is 9.70. The molecule has 2 aliphatic rings. The average Bonchev–Trinajstić information content (AvgIpc) is 2.99. The van der Waals surface area contributed by atoms with Crippen LogP contribution in [0.2, 0.25) is 0 Å². The second-order valence-electron chi connectivity index (χ2n) is 6.31. The molecule has 2 rings (SSSR count). The number of hydrogen-bond donors (Lipinski definition) is 4. The van der Waals surface area contributed by atoms with E-state index in [2.05, 4.69) is 4.52 Å². The van der Waals surface area contributed by atoms with Gasteiger partial charge in [-0.3, -0.25) is 13.6 Å². The van der Waals surface area contributed by atoms with Crippen molar-refractivity contribution in [3.05, 3.63) is 0 Å². The van der Waals surface area contributed by atoms with Crippen LogP contribution in [0.5, 0.6) is 0 Å². The lowest BCUT2D eigenvalue weighted by Crippen LogP contribution is -2.26. The summed E-state index contributed by atoms with van der Waals surface area (Å²) in [6.45, 7) is -0.566. The number of aliphatic hydroxyl groups is 1. The topological polar surface area (TPSA) is 161 Å². The lowest BCUT2D eigenvalue weighted by molar-refractivity contribution is 0.000728. The van der Waals surface area contributed by atoms with Crippen molar-refractivity contribution in [2.75, 3.05) is 13.2 Å². The summed E-state index contributed by atoms with van der Waals surface area (Å²) in [5.74, 6) is 0. The van der Waals surface area contributed by atoms with Gasteiger partial charge in [0.25, 0.3) is 0 Å². The molecule has 0 aromatic heterocycles. The van der Waals surface area contributed by atoms with Crippen LogP contribution in [0.25, 0.3) is 0 Å². The molecule has 0 spiro atoms. The first-order chi connectivity index (χ1) is 12.5. The normalized spacial score (nSPS) is 36.7. The number of phosphoric acid groups is 2. The summed E-state index contributed by atoms with van der Waals surface area (Å²) >= 11 is 0. The molecule has 0 saturated carbocycles. The van der Waals surface area contributed by atoms with Crippen LogP contribution in [0, 0.1) is 0 Å². The number of phosphoric ester groups is 2. The number of ether oxygens (including phenoxy) is 2. The maximum Gasteiger partial charge on any atom is 0.472 e. The van der Waals surface area contributed by atoms with Gasteiger partial charge in [-0.15, -0.1) is 0 Å². The van der Waals surface area contributed by atoms with Crippen molar-refractivity contribution in [1.82, 2.24) is 0 Å². The van der Waals surface area contributed by atoms with Crippen LogP contribution in [-0.2, 0) is 32.2 Å². The zero-order chi connectivity index (χ0) is 20.2. The van der Waals surface area contributed by atoms with Gasteiger partial charge in [0.2, 0.25) is 0 Å². The first kappa shape index (κ1) is 23.5. The van der Waals surface area contributed by atoms with E-state index in [0.29, 0.717) is 0 Å². The molecule has 0 aliphatic carbocycles. The molecular formula is C12H22B2O11P2. The number of aliphatic hydroxyl groups excluding tert-OH is 1. The van der Waals surface area contributed by atoms with Gasteiger partial charge in [-0.25, -0.2) is 9.13 Å². The Kier molecular flexibility index (Phi) is 8.55. The van der Waals surface area contributed by atoms with E-state index in [1.165, 1.54) is 0 Å². The quantitative estimate of drug-likeness (QED) is 0.259. The maximum absolute atomic E-state index is 12.1. The van der Waals surface area contributed by atoms with Crippen LogP contribution in [0.1, 0.15) is 25.7 Å². The van der Waals surface area contributed by atoms with Gasteiger partial charge < -0.3 is 29.3 Å². The summed E-state index contributed by atoms with van der Waals surface area (Å²) in [6.07, 6.45) is -2.59. The van der Waals surface area contributed by atoms with Gasteiger partial charge in [-0.05, 0) is 12.8 Å². The molecule has 2 fully saturated rings. The van der Waals surface area contributed by atoms with E-state index in [1.807, 2.05) is 0 Å². The molecule has 7 atom stereocenters. The second-order valence-corrected chi connectivity index (χ2v) is 8.96. The van der Waals surface area contributed by atoms with Crippen molar-refractivity contribution < 1.29 is 52.0 Å². The monoisotopic (exact) mass is 426 g/mol. The Bertz CT molecular complexity index is 576. The highest BCUT2D eigenvalue weighted by Crippen LogP contribution is 2.48. The van der Waals surface area contributed by atoms with Gasteiger partial charge in [-0.2, -0.15) is 0 Å². The average molecular weight is 426 g/mol. The molecule has 15 heteroatoms. The molecule has 2 saturated heterocycles. The van der Waals surface area contributed by atoms with Gasteiger partial charge in [-0.1, -0.05) is 0 Å². The minimum absolute atomic E-state index is 0.0104. The molecule has 2 heterocycles. The molecule has 0 aromatic carbocycles. The molecule has 7 unspecified atom stereocenters. The zero-order valence-corrected chi connectivity index (χ0v) is 16.2. The maximum atomic E-state index is 12.1. The fourth-order valence-corrected chi connectivity index (χ4v) is 4.21. The molecule has 4 radical (unpaired) electrons. The first-order valence-corrected chi connectivity index (χ1v) is 11.3. The first-order valence-electron chi connectivity index (χ1n) is 8.31. The van der Waals surface area contributed by atoms with E-state index in [9.17, 15) is 19.1 Å². The van der Waals surface area contributed by atoms with Crippen molar-refractivity contribution in [3.8, 4) is 0 Å². The summed E-state index contributed by atoms with van der Waals surface area (Å²) < 4.78 is 47.6. The molecule has 11 nitrogen and oxygen atoms in total. The lowest BCUT2D eigenvalue weighted by atomic mass is 9.96. The highest BCUT2D eigenvalue weighted by molar-refractivity contribution is 7.47. The summed E-state index contributed by atoms with van der Waals surface area (Å²) in [5.41, 5.74) is 0. The third-order valence-corrected chi connectivity index (χ3v) is 5.63. The van der Waals surface area contributed by atoms with Crippen molar-refractivity contribution in [1.29, 1.82) is 0 Å². The van der Waals surface area contributed by atoms with Crippen LogP contribution in [0.3, 0.4) is 0 Å². The fraction of sp³-hybridized carbons (Fsp3) is 1.00. The Morgan fingerprint density at radius 2 is 1.48 bits per heavy atom. The van der Waals surface area contributed by atoms with E-state index in [0.717, 1.165) is 0 Å².